The maximum atomic E-state index is 12.3. The van der Waals surface area contributed by atoms with Crippen molar-refractivity contribution in [2.45, 2.75) is 12.2 Å². The second kappa shape index (κ2) is 4.00. The predicted octanol–water partition coefficient (Wildman–Crippen LogP) is 2.89. The fourth-order valence-corrected chi connectivity index (χ4v) is 1.43. The smallest absolute Gasteiger partial charge is 0.353 e. The highest BCUT2D eigenvalue weighted by Crippen LogP contribution is 2.30. The van der Waals surface area contributed by atoms with Gasteiger partial charge in [-0.3, -0.25) is 4.99 Å². The van der Waals surface area contributed by atoms with Crippen molar-refractivity contribution >= 4 is 6.34 Å². The Morgan fingerprint density at radius 2 is 1.81 bits per heavy atom. The van der Waals surface area contributed by atoms with Crippen molar-refractivity contribution in [3.8, 4) is 0 Å². The van der Waals surface area contributed by atoms with E-state index in [2.05, 4.69) is 10.3 Å². The molecule has 5 heteroatoms. The van der Waals surface area contributed by atoms with E-state index in [1.54, 1.807) is 12.3 Å². The van der Waals surface area contributed by atoms with Crippen molar-refractivity contribution in [3.63, 3.8) is 0 Å². The van der Waals surface area contributed by atoms with E-state index < -0.39 is 11.7 Å². The second-order valence-corrected chi connectivity index (χ2v) is 3.37. The van der Waals surface area contributed by atoms with E-state index in [9.17, 15) is 13.2 Å². The molecule has 1 atom stereocenters. The lowest BCUT2D eigenvalue weighted by Gasteiger charge is -2.12. The minimum Gasteiger partial charge on any atom is -0.353 e. The minimum atomic E-state index is -4.29. The molecule has 16 heavy (non-hydrogen) atoms. The molecule has 2 nitrogen and oxygen atoms in total. The molecule has 2 rings (SSSR count). The number of nitrogens with zero attached hydrogens (tertiary/aromatic N) is 1. The van der Waals surface area contributed by atoms with Gasteiger partial charge in [0.05, 0.1) is 17.9 Å². The van der Waals surface area contributed by atoms with Gasteiger partial charge in [0.25, 0.3) is 0 Å². The first-order chi connectivity index (χ1) is 7.57. The summed E-state index contributed by atoms with van der Waals surface area (Å²) in [4.78, 5) is 4.09. The Bertz CT molecular complexity index is 406. The molecule has 1 heterocycles. The number of benzene rings is 1. The summed E-state index contributed by atoms with van der Waals surface area (Å²) in [7, 11) is 0. The highest BCUT2D eigenvalue weighted by molar-refractivity contribution is 5.58. The van der Waals surface area contributed by atoms with Crippen LogP contribution in [-0.4, -0.2) is 6.34 Å². The van der Waals surface area contributed by atoms with Crippen molar-refractivity contribution in [3.05, 3.63) is 47.7 Å². The molecule has 1 aliphatic heterocycles. The fourth-order valence-electron chi connectivity index (χ4n) is 1.43. The van der Waals surface area contributed by atoms with Crippen LogP contribution in [0.3, 0.4) is 0 Å². The van der Waals surface area contributed by atoms with Crippen LogP contribution in [0.5, 0.6) is 0 Å². The topological polar surface area (TPSA) is 24.4 Å². The molecule has 0 saturated heterocycles. The SMILES string of the molecule is FC(F)(F)c1ccc(C2C=CNC=N2)cc1. The molecular weight excluding hydrogens is 217 g/mol. The van der Waals surface area contributed by atoms with Crippen molar-refractivity contribution in [2.75, 3.05) is 0 Å². The number of hydrogen-bond acceptors (Lipinski definition) is 2. The van der Waals surface area contributed by atoms with Crippen molar-refractivity contribution in [2.24, 2.45) is 4.99 Å². The van der Waals surface area contributed by atoms with Gasteiger partial charge in [0.1, 0.15) is 0 Å². The third-order valence-corrected chi connectivity index (χ3v) is 2.26. The Kier molecular flexibility index (Phi) is 2.68. The molecule has 1 aromatic carbocycles. The summed E-state index contributed by atoms with van der Waals surface area (Å²) in [6.45, 7) is 0. The molecular formula is C11H9F3N2. The van der Waals surface area contributed by atoms with Gasteiger partial charge in [-0.15, -0.1) is 0 Å². The Labute approximate surface area is 90.5 Å². The molecule has 0 aromatic heterocycles. The van der Waals surface area contributed by atoms with Gasteiger partial charge in [-0.1, -0.05) is 12.1 Å². The Balaban J connectivity index is 2.22. The lowest BCUT2D eigenvalue weighted by atomic mass is 10.0. The van der Waals surface area contributed by atoms with E-state index in [1.807, 2.05) is 0 Å². The number of alkyl halides is 3. The molecule has 1 aromatic rings. The molecule has 0 aliphatic carbocycles. The zero-order valence-electron chi connectivity index (χ0n) is 8.20. The first-order valence-corrected chi connectivity index (χ1v) is 4.69. The maximum absolute atomic E-state index is 12.3. The van der Waals surface area contributed by atoms with Gasteiger partial charge in [0.15, 0.2) is 0 Å². The van der Waals surface area contributed by atoms with Crippen LogP contribution in [0.1, 0.15) is 17.2 Å². The van der Waals surface area contributed by atoms with Crippen LogP contribution < -0.4 is 5.32 Å². The normalized spacial score (nSPS) is 19.6. The summed E-state index contributed by atoms with van der Waals surface area (Å²) >= 11 is 0. The summed E-state index contributed by atoms with van der Waals surface area (Å²) in [6.07, 6.45) is 0.714. The molecule has 1 N–H and O–H groups in total. The molecule has 0 bridgehead atoms. The number of aliphatic imine (C=N–C) groups is 1. The molecule has 1 aliphatic rings. The van der Waals surface area contributed by atoms with Gasteiger partial charge in [0, 0.05) is 6.20 Å². The van der Waals surface area contributed by atoms with Crippen LogP contribution in [-0.2, 0) is 6.18 Å². The molecule has 0 saturated carbocycles. The highest BCUT2D eigenvalue weighted by atomic mass is 19.4. The largest absolute Gasteiger partial charge is 0.416 e. The Morgan fingerprint density at radius 3 is 2.31 bits per heavy atom. The van der Waals surface area contributed by atoms with E-state index in [4.69, 9.17) is 0 Å². The van der Waals surface area contributed by atoms with Crippen molar-refractivity contribution in [1.82, 2.24) is 5.32 Å². The fraction of sp³-hybridized carbons (Fsp3) is 0.182. The zero-order chi connectivity index (χ0) is 11.6. The first-order valence-electron chi connectivity index (χ1n) is 4.69. The van der Waals surface area contributed by atoms with E-state index in [0.29, 0.717) is 0 Å². The van der Waals surface area contributed by atoms with Gasteiger partial charge < -0.3 is 5.32 Å². The lowest BCUT2D eigenvalue weighted by molar-refractivity contribution is -0.137. The van der Waals surface area contributed by atoms with Crippen LogP contribution in [0.25, 0.3) is 0 Å². The monoisotopic (exact) mass is 226 g/mol. The average molecular weight is 226 g/mol. The van der Waals surface area contributed by atoms with E-state index in [-0.39, 0.29) is 6.04 Å². The molecule has 1 unspecified atom stereocenters. The maximum Gasteiger partial charge on any atom is 0.416 e. The number of rotatable bonds is 1. The summed E-state index contributed by atoms with van der Waals surface area (Å²) in [5, 5.41) is 2.77. The highest BCUT2D eigenvalue weighted by Gasteiger charge is 2.30. The molecule has 0 radical (unpaired) electrons. The molecule has 0 amide bonds. The standard InChI is InChI=1S/C11H9F3N2/c12-11(13,14)9-3-1-8(2-4-9)10-5-6-15-7-16-10/h1-7,10H,(H,15,16). The summed E-state index contributed by atoms with van der Waals surface area (Å²) < 4.78 is 36.9. The summed E-state index contributed by atoms with van der Waals surface area (Å²) in [6, 6.07) is 4.83. The van der Waals surface area contributed by atoms with Crippen molar-refractivity contribution in [1.29, 1.82) is 0 Å². The van der Waals surface area contributed by atoms with E-state index in [0.717, 1.165) is 17.7 Å². The third kappa shape index (κ3) is 2.24. The molecule has 0 spiro atoms. The number of nitrogens with one attached hydrogen (secondary N) is 1. The zero-order valence-corrected chi connectivity index (χ0v) is 8.20. The van der Waals surface area contributed by atoms with Crippen LogP contribution in [0, 0.1) is 0 Å². The Hall–Kier alpha value is -1.78. The van der Waals surface area contributed by atoms with Crippen LogP contribution in [0.2, 0.25) is 0 Å². The van der Waals surface area contributed by atoms with Gasteiger partial charge in [-0.25, -0.2) is 0 Å². The third-order valence-electron chi connectivity index (χ3n) is 2.26. The summed E-state index contributed by atoms with van der Waals surface area (Å²) in [5.74, 6) is 0. The number of hydrogen-bond donors (Lipinski definition) is 1. The molecule has 0 fully saturated rings. The quantitative estimate of drug-likeness (QED) is 0.782. The Morgan fingerprint density at radius 1 is 1.12 bits per heavy atom. The van der Waals surface area contributed by atoms with E-state index in [1.165, 1.54) is 18.5 Å². The van der Waals surface area contributed by atoms with Crippen LogP contribution in [0.15, 0.2) is 41.5 Å². The second-order valence-electron chi connectivity index (χ2n) is 3.37. The van der Waals surface area contributed by atoms with Gasteiger partial charge in [0.2, 0.25) is 0 Å². The average Bonchev–Trinajstić information content (AvgIpc) is 2.29. The van der Waals surface area contributed by atoms with Gasteiger partial charge in [-0.2, -0.15) is 13.2 Å². The van der Waals surface area contributed by atoms with E-state index >= 15 is 0 Å². The van der Waals surface area contributed by atoms with Crippen LogP contribution >= 0.6 is 0 Å². The van der Waals surface area contributed by atoms with Gasteiger partial charge in [-0.05, 0) is 23.8 Å². The summed E-state index contributed by atoms with van der Waals surface area (Å²) in [5.41, 5.74) is 0.0974. The van der Waals surface area contributed by atoms with Crippen LogP contribution in [0.4, 0.5) is 13.2 Å². The predicted molar refractivity (Wildman–Crippen MR) is 55.0 cm³/mol. The van der Waals surface area contributed by atoms with Gasteiger partial charge >= 0.3 is 6.18 Å². The first kappa shape index (κ1) is 10.7. The molecule has 84 valence electrons. The number of halogens is 3. The lowest BCUT2D eigenvalue weighted by Crippen LogP contribution is -2.09. The van der Waals surface area contributed by atoms with Crippen molar-refractivity contribution < 1.29 is 13.2 Å². The minimum absolute atomic E-state index is 0.205.